The largest absolute Gasteiger partial charge is 0.444 e. The highest BCUT2D eigenvalue weighted by atomic mass is 16.6. The Morgan fingerprint density at radius 1 is 1.38 bits per heavy atom. The molecule has 1 saturated heterocycles. The summed E-state index contributed by atoms with van der Waals surface area (Å²) in [6, 6.07) is 3.73. The van der Waals surface area contributed by atoms with Gasteiger partial charge in [0.1, 0.15) is 17.4 Å². The van der Waals surface area contributed by atoms with Crippen LogP contribution in [-0.2, 0) is 4.74 Å². The van der Waals surface area contributed by atoms with Crippen LogP contribution in [0.15, 0.2) is 6.07 Å². The standard InChI is InChI=1S/C17H25N5O2/c1-12-10-13(11-18)20-14(19-12)22-8-6-17(5,7-9-22)21-15(23)24-16(2,3)4/h10H,6-9H2,1-5H3,(H,21,23). The fourth-order valence-electron chi connectivity index (χ4n) is 2.63. The third-order valence-corrected chi connectivity index (χ3v) is 3.91. The van der Waals surface area contributed by atoms with Gasteiger partial charge in [0, 0.05) is 24.3 Å². The number of anilines is 1. The maximum absolute atomic E-state index is 12.0. The number of amides is 1. The number of hydrogen-bond acceptors (Lipinski definition) is 6. The van der Waals surface area contributed by atoms with E-state index in [1.54, 1.807) is 6.07 Å². The number of carbonyl (C=O) groups is 1. The molecule has 0 bridgehead atoms. The molecule has 1 aromatic heterocycles. The van der Waals surface area contributed by atoms with Crippen LogP contribution >= 0.6 is 0 Å². The van der Waals surface area contributed by atoms with Crippen LogP contribution in [0.25, 0.3) is 0 Å². The monoisotopic (exact) mass is 331 g/mol. The molecule has 0 atom stereocenters. The van der Waals surface area contributed by atoms with Crippen LogP contribution in [0.4, 0.5) is 10.7 Å². The molecule has 0 radical (unpaired) electrons. The molecule has 0 unspecified atom stereocenters. The second kappa shape index (κ2) is 6.63. The van der Waals surface area contributed by atoms with Crippen molar-refractivity contribution in [2.24, 2.45) is 0 Å². The highest BCUT2D eigenvalue weighted by Gasteiger charge is 2.33. The highest BCUT2D eigenvalue weighted by Crippen LogP contribution is 2.25. The summed E-state index contributed by atoms with van der Waals surface area (Å²) >= 11 is 0. The lowest BCUT2D eigenvalue weighted by atomic mass is 9.90. The Labute approximate surface area is 143 Å². The van der Waals surface area contributed by atoms with Crippen molar-refractivity contribution in [3.05, 3.63) is 17.5 Å². The van der Waals surface area contributed by atoms with Gasteiger partial charge in [0.05, 0.1) is 0 Å². The Balaban J connectivity index is 1.99. The average molecular weight is 331 g/mol. The van der Waals surface area contributed by atoms with Crippen LogP contribution < -0.4 is 10.2 Å². The zero-order valence-electron chi connectivity index (χ0n) is 15.0. The number of alkyl carbamates (subject to hydrolysis) is 1. The van der Waals surface area contributed by atoms with Crippen molar-refractivity contribution in [1.82, 2.24) is 15.3 Å². The Kier molecular flexibility index (Phi) is 4.97. The van der Waals surface area contributed by atoms with E-state index >= 15 is 0 Å². The summed E-state index contributed by atoms with van der Waals surface area (Å²) in [5, 5.41) is 12.0. The van der Waals surface area contributed by atoms with Crippen LogP contribution in [0, 0.1) is 18.3 Å². The zero-order chi connectivity index (χ0) is 18.0. The molecule has 0 aliphatic carbocycles. The topological polar surface area (TPSA) is 91.1 Å². The maximum Gasteiger partial charge on any atom is 0.408 e. The van der Waals surface area contributed by atoms with Crippen molar-refractivity contribution < 1.29 is 9.53 Å². The quantitative estimate of drug-likeness (QED) is 0.895. The van der Waals surface area contributed by atoms with Gasteiger partial charge in [-0.2, -0.15) is 5.26 Å². The van der Waals surface area contributed by atoms with E-state index < -0.39 is 11.7 Å². The molecule has 1 aliphatic heterocycles. The summed E-state index contributed by atoms with van der Waals surface area (Å²) in [5.74, 6) is 0.575. The molecule has 0 saturated carbocycles. The van der Waals surface area contributed by atoms with E-state index in [0.29, 0.717) is 24.7 Å². The fraction of sp³-hybridized carbons (Fsp3) is 0.647. The summed E-state index contributed by atoms with van der Waals surface area (Å²) in [6.45, 7) is 10.8. The Morgan fingerprint density at radius 3 is 2.54 bits per heavy atom. The second-order valence-corrected chi connectivity index (χ2v) is 7.48. The molecule has 1 aliphatic rings. The number of nitriles is 1. The molecule has 1 fully saturated rings. The van der Waals surface area contributed by atoms with Gasteiger partial charge in [-0.25, -0.2) is 14.8 Å². The van der Waals surface area contributed by atoms with Gasteiger partial charge in [0.25, 0.3) is 0 Å². The van der Waals surface area contributed by atoms with Crippen molar-refractivity contribution in [2.45, 2.75) is 58.6 Å². The molecule has 0 aromatic carbocycles. The van der Waals surface area contributed by atoms with E-state index in [0.717, 1.165) is 18.5 Å². The number of nitrogens with one attached hydrogen (secondary N) is 1. The first-order valence-corrected chi connectivity index (χ1v) is 8.12. The van der Waals surface area contributed by atoms with Gasteiger partial charge in [-0.1, -0.05) is 0 Å². The number of aryl methyl sites for hydroxylation is 1. The van der Waals surface area contributed by atoms with Gasteiger partial charge in [0.15, 0.2) is 0 Å². The summed E-state index contributed by atoms with van der Waals surface area (Å²) < 4.78 is 5.34. The summed E-state index contributed by atoms with van der Waals surface area (Å²) in [6.07, 6.45) is 1.12. The van der Waals surface area contributed by atoms with Gasteiger partial charge in [0.2, 0.25) is 5.95 Å². The van der Waals surface area contributed by atoms with Crippen LogP contribution in [0.2, 0.25) is 0 Å². The van der Waals surface area contributed by atoms with Crippen molar-refractivity contribution in [3.63, 3.8) is 0 Å². The van der Waals surface area contributed by atoms with Crippen LogP contribution in [-0.4, -0.2) is 40.3 Å². The lowest BCUT2D eigenvalue weighted by Crippen LogP contribution is -2.54. The SMILES string of the molecule is Cc1cc(C#N)nc(N2CCC(C)(NC(=O)OC(C)(C)C)CC2)n1. The minimum absolute atomic E-state index is 0.319. The number of aromatic nitrogens is 2. The summed E-state index contributed by atoms with van der Waals surface area (Å²) in [5.41, 5.74) is 0.319. The molecule has 2 rings (SSSR count). The van der Waals surface area contributed by atoms with E-state index in [4.69, 9.17) is 10.00 Å². The molecule has 2 heterocycles. The lowest BCUT2D eigenvalue weighted by molar-refractivity contribution is 0.0448. The predicted molar refractivity (Wildman–Crippen MR) is 90.7 cm³/mol. The number of ether oxygens (including phenoxy) is 1. The molecule has 130 valence electrons. The molecule has 7 nitrogen and oxygen atoms in total. The molecule has 1 aromatic rings. The summed E-state index contributed by atoms with van der Waals surface area (Å²) in [4.78, 5) is 22.7. The van der Waals surface area contributed by atoms with Crippen molar-refractivity contribution in [3.8, 4) is 6.07 Å². The van der Waals surface area contributed by atoms with Gasteiger partial charge in [-0.3, -0.25) is 0 Å². The third-order valence-electron chi connectivity index (χ3n) is 3.91. The molecule has 0 spiro atoms. The van der Waals surface area contributed by atoms with Crippen molar-refractivity contribution in [2.75, 3.05) is 18.0 Å². The van der Waals surface area contributed by atoms with E-state index in [1.165, 1.54) is 0 Å². The predicted octanol–water partition coefficient (Wildman–Crippen LogP) is 2.54. The molecule has 24 heavy (non-hydrogen) atoms. The highest BCUT2D eigenvalue weighted by molar-refractivity contribution is 5.68. The van der Waals surface area contributed by atoms with E-state index in [1.807, 2.05) is 39.5 Å². The third kappa shape index (κ3) is 4.82. The Hall–Kier alpha value is -2.36. The normalized spacial score (nSPS) is 17.1. The number of carbonyl (C=O) groups excluding carboxylic acids is 1. The molecular weight excluding hydrogens is 306 g/mol. The van der Waals surface area contributed by atoms with E-state index in [-0.39, 0.29) is 5.54 Å². The smallest absolute Gasteiger partial charge is 0.408 e. The van der Waals surface area contributed by atoms with Gasteiger partial charge >= 0.3 is 6.09 Å². The number of nitrogens with zero attached hydrogens (tertiary/aromatic N) is 4. The van der Waals surface area contributed by atoms with Crippen LogP contribution in [0.1, 0.15) is 51.9 Å². The van der Waals surface area contributed by atoms with Crippen LogP contribution in [0.3, 0.4) is 0 Å². The second-order valence-electron chi connectivity index (χ2n) is 7.48. The number of rotatable bonds is 2. The first-order valence-electron chi connectivity index (χ1n) is 8.12. The molecule has 1 N–H and O–H groups in total. The van der Waals surface area contributed by atoms with Gasteiger partial charge in [-0.05, 0) is 53.5 Å². The van der Waals surface area contributed by atoms with Gasteiger partial charge in [-0.15, -0.1) is 0 Å². The average Bonchev–Trinajstić information content (AvgIpc) is 2.44. The molecule has 1 amide bonds. The Bertz CT molecular complexity index is 652. The number of piperidine rings is 1. The first kappa shape index (κ1) is 18.0. The maximum atomic E-state index is 12.0. The summed E-state index contributed by atoms with van der Waals surface area (Å²) in [7, 11) is 0. The van der Waals surface area contributed by atoms with Crippen LogP contribution in [0.5, 0.6) is 0 Å². The van der Waals surface area contributed by atoms with E-state index in [2.05, 4.69) is 21.4 Å². The van der Waals surface area contributed by atoms with Crippen molar-refractivity contribution >= 4 is 12.0 Å². The minimum atomic E-state index is -0.510. The zero-order valence-corrected chi connectivity index (χ0v) is 15.0. The minimum Gasteiger partial charge on any atom is -0.444 e. The lowest BCUT2D eigenvalue weighted by Gasteiger charge is -2.40. The first-order chi connectivity index (χ1) is 11.1. The number of hydrogen-bond donors (Lipinski definition) is 1. The molecule has 7 heteroatoms. The molecular formula is C17H25N5O2. The van der Waals surface area contributed by atoms with Crippen molar-refractivity contribution in [1.29, 1.82) is 5.26 Å². The van der Waals surface area contributed by atoms with Gasteiger partial charge < -0.3 is 15.0 Å². The van der Waals surface area contributed by atoms with E-state index in [9.17, 15) is 4.79 Å². The Morgan fingerprint density at radius 2 is 2.00 bits per heavy atom. The fourth-order valence-corrected chi connectivity index (χ4v) is 2.63.